The van der Waals surface area contributed by atoms with E-state index in [1.54, 1.807) is 0 Å². The summed E-state index contributed by atoms with van der Waals surface area (Å²) in [6.07, 6.45) is 0. The number of hydrogen-bond donors (Lipinski definition) is 0. The predicted molar refractivity (Wildman–Crippen MR) is 4.97 cm³/mol. The van der Waals surface area contributed by atoms with Gasteiger partial charge < -0.3 is 11.8 Å². The molecule has 0 aliphatic rings. The van der Waals surface area contributed by atoms with Gasteiger partial charge in [0.1, 0.15) is 0 Å². The second-order valence-corrected chi connectivity index (χ2v) is 0. The van der Waals surface area contributed by atoms with Gasteiger partial charge in [0.25, 0.3) is 0 Å². The Morgan fingerprint density at radius 2 is 1.25 bits per heavy atom. The molecule has 20 valence electrons. The van der Waals surface area contributed by atoms with Crippen LogP contribution >= 0.6 is 0 Å². The summed E-state index contributed by atoms with van der Waals surface area (Å²) in [5.74, 6) is 0. The Hall–Kier alpha value is 1.81. The summed E-state index contributed by atoms with van der Waals surface area (Å²) in [5, 5.41) is 6.25. The largest absolute Gasteiger partial charge is 1.00 e. The molecule has 0 saturated heterocycles. The first-order chi connectivity index (χ1) is 1.00. The molecule has 3 heteroatoms. The van der Waals surface area contributed by atoms with Crippen molar-refractivity contribution in [1.82, 2.24) is 0 Å². The fourth-order valence-electron chi connectivity index (χ4n) is 0. The SMILES string of the molecule is [C-]#N.[K+].[Pt]. The normalized spacial score (nSPS) is 0.500. The quantitative estimate of drug-likeness (QED) is 0.338. The molecule has 0 aromatic carbocycles. The molecule has 0 fully saturated rings. The summed E-state index contributed by atoms with van der Waals surface area (Å²) in [6.45, 7) is 4.75. The van der Waals surface area contributed by atoms with Crippen molar-refractivity contribution >= 4 is 0 Å². The summed E-state index contributed by atoms with van der Waals surface area (Å²) in [6, 6.07) is 0. The maximum atomic E-state index is 6.25. The number of rotatable bonds is 0. The van der Waals surface area contributed by atoms with Crippen molar-refractivity contribution in [2.75, 3.05) is 0 Å². The Balaban J connectivity index is -0.00000000500. The van der Waals surface area contributed by atoms with E-state index in [2.05, 4.69) is 0 Å². The first kappa shape index (κ1) is 17.0. The molecule has 0 aromatic heterocycles. The van der Waals surface area contributed by atoms with E-state index in [4.69, 9.17) is 11.8 Å². The van der Waals surface area contributed by atoms with Crippen LogP contribution in [0.5, 0.6) is 0 Å². The van der Waals surface area contributed by atoms with Crippen molar-refractivity contribution < 1.29 is 72.4 Å². The molecule has 0 saturated carbocycles. The van der Waals surface area contributed by atoms with E-state index < -0.39 is 0 Å². The molecular formula is CKNPt. The molecule has 0 amide bonds. The monoisotopic (exact) mass is 260 g/mol. The third-order valence-corrected chi connectivity index (χ3v) is 0. The van der Waals surface area contributed by atoms with Crippen molar-refractivity contribution in [3.05, 3.63) is 6.57 Å². The second kappa shape index (κ2) is 21.3. The standard InChI is InChI=1S/CN.K.Pt/c1-2;;/q-1;+1;. The Morgan fingerprint density at radius 3 is 1.25 bits per heavy atom. The zero-order valence-corrected chi connectivity index (χ0v) is 7.66. The first-order valence-corrected chi connectivity index (χ1v) is 0.224. The first-order valence-electron chi connectivity index (χ1n) is 0.224. The van der Waals surface area contributed by atoms with Crippen molar-refractivity contribution in [2.24, 2.45) is 0 Å². The van der Waals surface area contributed by atoms with Crippen LogP contribution in [0.1, 0.15) is 0 Å². The fraction of sp³-hybridized carbons (Fsp3) is 0. The van der Waals surface area contributed by atoms with Crippen molar-refractivity contribution in [3.63, 3.8) is 0 Å². The zero-order chi connectivity index (χ0) is 2.00. The third-order valence-electron chi connectivity index (χ3n) is 0. The molecular weight excluding hydrogens is 260 g/mol. The van der Waals surface area contributed by atoms with Gasteiger partial charge in [0.05, 0.1) is 0 Å². The van der Waals surface area contributed by atoms with Crippen LogP contribution in [-0.2, 0) is 21.1 Å². The van der Waals surface area contributed by atoms with Crippen LogP contribution in [0.2, 0.25) is 0 Å². The van der Waals surface area contributed by atoms with Crippen LogP contribution in [0.25, 0.3) is 0 Å². The molecule has 0 aliphatic heterocycles. The Morgan fingerprint density at radius 1 is 1.25 bits per heavy atom. The van der Waals surface area contributed by atoms with Gasteiger partial charge in [-0.05, 0) is 0 Å². The van der Waals surface area contributed by atoms with Gasteiger partial charge in [-0.1, -0.05) is 0 Å². The van der Waals surface area contributed by atoms with Gasteiger partial charge in [0, 0.05) is 21.1 Å². The Bertz CT molecular complexity index is 12.8. The molecule has 0 spiro atoms. The number of nitrogens with zero attached hydrogens (tertiary/aromatic N) is 1. The van der Waals surface area contributed by atoms with Gasteiger partial charge in [-0.15, -0.1) is 0 Å². The zero-order valence-electron chi connectivity index (χ0n) is 2.26. The smallest absolute Gasteiger partial charge is 0.512 e. The van der Waals surface area contributed by atoms with Gasteiger partial charge in [0.15, 0.2) is 0 Å². The van der Waals surface area contributed by atoms with E-state index in [-0.39, 0.29) is 72.4 Å². The van der Waals surface area contributed by atoms with Gasteiger partial charge >= 0.3 is 51.4 Å². The maximum Gasteiger partial charge on any atom is 1.00 e. The molecule has 0 rings (SSSR count). The molecule has 0 aliphatic carbocycles. The summed E-state index contributed by atoms with van der Waals surface area (Å²) in [7, 11) is 0. The van der Waals surface area contributed by atoms with Crippen molar-refractivity contribution in [3.8, 4) is 0 Å². The van der Waals surface area contributed by atoms with E-state index in [1.807, 2.05) is 0 Å². The minimum absolute atomic E-state index is 0. The minimum Gasteiger partial charge on any atom is -0.512 e. The minimum atomic E-state index is 0. The molecule has 0 atom stereocenters. The molecule has 1 nitrogen and oxygen atoms in total. The van der Waals surface area contributed by atoms with Gasteiger partial charge in [-0.25, -0.2) is 0 Å². The van der Waals surface area contributed by atoms with Crippen LogP contribution in [0.3, 0.4) is 0 Å². The molecule has 0 bridgehead atoms. The maximum absolute atomic E-state index is 6.25. The molecule has 0 unspecified atom stereocenters. The summed E-state index contributed by atoms with van der Waals surface area (Å²) < 4.78 is 0. The van der Waals surface area contributed by atoms with Gasteiger partial charge in [-0.2, -0.15) is 0 Å². The molecule has 4 heavy (non-hydrogen) atoms. The Kier molecular flexibility index (Phi) is 90.5. The van der Waals surface area contributed by atoms with Gasteiger partial charge in [-0.3, -0.25) is 0 Å². The number of hydrogen-bond acceptors (Lipinski definition) is 1. The Labute approximate surface area is 82.4 Å². The van der Waals surface area contributed by atoms with Crippen molar-refractivity contribution in [1.29, 1.82) is 5.26 Å². The predicted octanol–water partition coefficient (Wildman–Crippen LogP) is -2.90. The second-order valence-electron chi connectivity index (χ2n) is 0. The van der Waals surface area contributed by atoms with Crippen LogP contribution in [0.15, 0.2) is 0 Å². The molecule has 0 heterocycles. The summed E-state index contributed by atoms with van der Waals surface area (Å²) >= 11 is 0. The van der Waals surface area contributed by atoms with E-state index in [1.165, 1.54) is 0 Å². The molecule has 0 aromatic rings. The van der Waals surface area contributed by atoms with Gasteiger partial charge in [0.2, 0.25) is 0 Å². The molecule has 0 radical (unpaired) electrons. The molecule has 0 N–H and O–H groups in total. The van der Waals surface area contributed by atoms with Crippen LogP contribution < -0.4 is 51.4 Å². The van der Waals surface area contributed by atoms with E-state index in [0.29, 0.717) is 0 Å². The topological polar surface area (TPSA) is 23.8 Å². The summed E-state index contributed by atoms with van der Waals surface area (Å²) in [4.78, 5) is 0. The average Bonchev–Trinajstić information content (AvgIpc) is 1.00. The summed E-state index contributed by atoms with van der Waals surface area (Å²) in [5.41, 5.74) is 0. The van der Waals surface area contributed by atoms with Crippen LogP contribution in [0.4, 0.5) is 0 Å². The van der Waals surface area contributed by atoms with Crippen LogP contribution in [-0.4, -0.2) is 0 Å². The third kappa shape index (κ3) is 9.18. The average molecular weight is 260 g/mol. The van der Waals surface area contributed by atoms with E-state index >= 15 is 0 Å². The fourth-order valence-corrected chi connectivity index (χ4v) is 0. The van der Waals surface area contributed by atoms with E-state index in [0.717, 1.165) is 0 Å². The van der Waals surface area contributed by atoms with Crippen molar-refractivity contribution in [2.45, 2.75) is 0 Å². The van der Waals surface area contributed by atoms with E-state index in [9.17, 15) is 0 Å². The van der Waals surface area contributed by atoms with Crippen LogP contribution in [0, 0.1) is 11.8 Å².